The van der Waals surface area contributed by atoms with E-state index in [-0.39, 0.29) is 5.37 Å². The second-order valence-corrected chi connectivity index (χ2v) is 8.30. The first-order chi connectivity index (χ1) is 12.3. The van der Waals surface area contributed by atoms with Gasteiger partial charge in [-0.15, -0.1) is 18.3 Å². The summed E-state index contributed by atoms with van der Waals surface area (Å²) in [5.41, 5.74) is 5.45. The predicted molar refractivity (Wildman–Crippen MR) is 121 cm³/mol. The van der Waals surface area contributed by atoms with Crippen LogP contribution in [-0.2, 0) is 0 Å². The number of hydrogen-bond acceptors (Lipinski definition) is 3. The fourth-order valence-electron chi connectivity index (χ4n) is 2.47. The molecule has 0 radical (unpaired) electrons. The Bertz CT molecular complexity index is 654. The van der Waals surface area contributed by atoms with E-state index in [1.165, 1.54) is 10.5 Å². The Labute approximate surface area is 164 Å². The largest absolute Gasteiger partial charge is 0.373 e. The van der Waals surface area contributed by atoms with Crippen LogP contribution in [0.1, 0.15) is 58.9 Å². The summed E-state index contributed by atoms with van der Waals surface area (Å²) in [7, 11) is 0. The Morgan fingerprint density at radius 1 is 1.15 bits per heavy atom. The van der Waals surface area contributed by atoms with Gasteiger partial charge < -0.3 is 10.6 Å². The number of benzene rings is 1. The molecule has 2 N–H and O–H groups in total. The molecule has 142 valence electrons. The molecule has 0 aromatic heterocycles. The van der Waals surface area contributed by atoms with Gasteiger partial charge in [-0.1, -0.05) is 43.0 Å². The van der Waals surface area contributed by atoms with Gasteiger partial charge in [0.25, 0.3) is 0 Å². The van der Waals surface area contributed by atoms with Crippen molar-refractivity contribution >= 4 is 23.1 Å². The molecular formula is C23H34N2S. The van der Waals surface area contributed by atoms with Crippen molar-refractivity contribution in [2.45, 2.75) is 58.8 Å². The molecule has 0 aliphatic heterocycles. The van der Waals surface area contributed by atoms with Gasteiger partial charge in [0.1, 0.15) is 0 Å². The van der Waals surface area contributed by atoms with Gasteiger partial charge in [0.2, 0.25) is 0 Å². The molecule has 0 saturated carbocycles. The summed E-state index contributed by atoms with van der Waals surface area (Å²) in [4.78, 5) is 1.34. The zero-order chi connectivity index (χ0) is 19.5. The van der Waals surface area contributed by atoms with Crippen LogP contribution in [0.15, 0.2) is 66.3 Å². The van der Waals surface area contributed by atoms with Gasteiger partial charge in [0.15, 0.2) is 0 Å². The lowest BCUT2D eigenvalue weighted by atomic mass is 10.1. The van der Waals surface area contributed by atoms with Crippen molar-refractivity contribution in [3.05, 3.63) is 71.8 Å². The molecule has 1 aromatic rings. The molecule has 0 aliphatic rings. The summed E-state index contributed by atoms with van der Waals surface area (Å²) in [6.07, 6.45) is 6.27. The van der Waals surface area contributed by atoms with Crippen molar-refractivity contribution < 1.29 is 0 Å². The highest BCUT2D eigenvalue weighted by Crippen LogP contribution is 2.27. The Balaban J connectivity index is 2.69. The van der Waals surface area contributed by atoms with Gasteiger partial charge in [-0.05, 0) is 64.3 Å². The molecule has 1 rings (SSSR count). The third-order valence-corrected chi connectivity index (χ3v) is 5.37. The number of unbranched alkanes of at least 4 members (excludes halogenated alkanes) is 2. The number of hydrogen-bond donors (Lipinski definition) is 2. The van der Waals surface area contributed by atoms with E-state index in [4.69, 9.17) is 0 Å². The van der Waals surface area contributed by atoms with E-state index >= 15 is 0 Å². The lowest BCUT2D eigenvalue weighted by Crippen LogP contribution is -2.21. The molecule has 2 nitrogen and oxygen atoms in total. The first kappa shape index (κ1) is 22.2. The van der Waals surface area contributed by atoms with Crippen LogP contribution in [0.4, 0.5) is 5.69 Å². The fraction of sp³-hybridized carbons (Fsp3) is 0.391. The Morgan fingerprint density at radius 3 is 2.50 bits per heavy atom. The number of allylic oxidation sites excluding steroid dienone is 4. The third-order valence-electron chi connectivity index (χ3n) is 4.14. The summed E-state index contributed by atoms with van der Waals surface area (Å²) in [5, 5.41) is 7.23. The van der Waals surface area contributed by atoms with Crippen molar-refractivity contribution in [2.75, 3.05) is 5.32 Å². The van der Waals surface area contributed by atoms with Gasteiger partial charge in [-0.2, -0.15) is 0 Å². The summed E-state index contributed by atoms with van der Waals surface area (Å²) >= 11 is 1.83. The molecular weight excluding hydrogens is 336 g/mol. The van der Waals surface area contributed by atoms with E-state index in [0.29, 0.717) is 0 Å². The van der Waals surface area contributed by atoms with Crippen LogP contribution in [-0.4, -0.2) is 5.37 Å². The zero-order valence-electron chi connectivity index (χ0n) is 16.8. The minimum absolute atomic E-state index is 0.257. The van der Waals surface area contributed by atoms with Crippen LogP contribution < -0.4 is 10.6 Å². The van der Waals surface area contributed by atoms with Crippen molar-refractivity contribution in [2.24, 2.45) is 0 Å². The molecule has 3 heteroatoms. The first-order valence-corrected chi connectivity index (χ1v) is 10.1. The van der Waals surface area contributed by atoms with Gasteiger partial charge in [0.05, 0.1) is 5.37 Å². The summed E-state index contributed by atoms with van der Waals surface area (Å²) < 4.78 is 0. The van der Waals surface area contributed by atoms with Crippen molar-refractivity contribution in [1.29, 1.82) is 0 Å². The summed E-state index contributed by atoms with van der Waals surface area (Å²) in [6, 6.07) is 8.25. The molecule has 1 aromatic carbocycles. The van der Waals surface area contributed by atoms with Crippen LogP contribution in [0.2, 0.25) is 0 Å². The molecule has 0 aliphatic carbocycles. The molecule has 0 fully saturated rings. The molecule has 1 unspecified atom stereocenters. The van der Waals surface area contributed by atoms with Gasteiger partial charge in [-0.3, -0.25) is 0 Å². The number of para-hydroxylation sites is 1. The average molecular weight is 371 g/mol. The number of thioether (sulfide) groups is 1. The molecule has 0 bridgehead atoms. The van der Waals surface area contributed by atoms with Crippen molar-refractivity contribution in [3.63, 3.8) is 0 Å². The predicted octanol–water partition coefficient (Wildman–Crippen LogP) is 7.31. The van der Waals surface area contributed by atoms with E-state index < -0.39 is 0 Å². The maximum absolute atomic E-state index is 4.25. The molecule has 0 amide bonds. The Morgan fingerprint density at radius 2 is 1.85 bits per heavy atom. The summed E-state index contributed by atoms with van der Waals surface area (Å²) in [6.45, 7) is 20.8. The third kappa shape index (κ3) is 8.01. The molecule has 1 atom stereocenters. The van der Waals surface area contributed by atoms with Crippen molar-refractivity contribution in [1.82, 2.24) is 5.32 Å². The lowest BCUT2D eigenvalue weighted by molar-refractivity contribution is 0.746. The highest BCUT2D eigenvalue weighted by molar-refractivity contribution is 8.03. The monoisotopic (exact) mass is 370 g/mol. The average Bonchev–Trinajstić information content (AvgIpc) is 2.58. The van der Waals surface area contributed by atoms with E-state index in [9.17, 15) is 0 Å². The molecule has 0 spiro atoms. The zero-order valence-corrected chi connectivity index (χ0v) is 17.6. The van der Waals surface area contributed by atoms with E-state index in [2.05, 4.69) is 70.2 Å². The van der Waals surface area contributed by atoms with Gasteiger partial charge in [-0.25, -0.2) is 0 Å². The van der Waals surface area contributed by atoms with Crippen LogP contribution in [0.5, 0.6) is 0 Å². The molecule has 0 saturated heterocycles. The van der Waals surface area contributed by atoms with Gasteiger partial charge >= 0.3 is 0 Å². The first-order valence-electron chi connectivity index (χ1n) is 9.26. The smallest absolute Gasteiger partial charge is 0.0737 e. The van der Waals surface area contributed by atoms with Gasteiger partial charge in [0, 0.05) is 22.6 Å². The summed E-state index contributed by atoms with van der Waals surface area (Å²) in [5.74, 6) is 0. The topological polar surface area (TPSA) is 24.1 Å². The van der Waals surface area contributed by atoms with Crippen LogP contribution >= 0.6 is 11.8 Å². The number of nitrogens with one attached hydrogen (secondary N) is 2. The Kier molecular flexibility index (Phi) is 9.97. The van der Waals surface area contributed by atoms with E-state index in [1.54, 1.807) is 0 Å². The van der Waals surface area contributed by atoms with Crippen molar-refractivity contribution in [3.8, 4) is 0 Å². The standard InChI is InChI=1S/C23H34N2S/c1-8-9-10-11-14-18(4)24-23-16-13-12-15-22(23)19(5)25-21(7)26-20(6)17(2)3/h8,12-13,15-16,21,24-25H,1,4-5,9-11,14H2,2-3,6-7H3. The van der Waals surface area contributed by atoms with E-state index in [1.807, 2.05) is 30.0 Å². The number of anilines is 1. The van der Waals surface area contributed by atoms with E-state index in [0.717, 1.165) is 48.3 Å². The highest BCUT2D eigenvalue weighted by atomic mass is 32.2. The molecule has 0 heterocycles. The normalized spacial score (nSPS) is 11.4. The van der Waals surface area contributed by atoms with Crippen LogP contribution in [0.3, 0.4) is 0 Å². The second-order valence-electron chi connectivity index (χ2n) is 6.75. The van der Waals surface area contributed by atoms with Crippen LogP contribution in [0.25, 0.3) is 5.70 Å². The SMILES string of the molecule is C=CCCCCC(=C)Nc1ccccc1C(=C)NC(C)SC(C)=C(C)C. The minimum Gasteiger partial charge on any atom is -0.373 e. The fourth-order valence-corrected chi connectivity index (χ4v) is 3.44. The minimum atomic E-state index is 0.257. The van der Waals surface area contributed by atoms with Crippen LogP contribution in [0, 0.1) is 0 Å². The maximum atomic E-state index is 4.25. The lowest BCUT2D eigenvalue weighted by Gasteiger charge is -2.20. The Hall–Kier alpha value is -1.87. The maximum Gasteiger partial charge on any atom is 0.0737 e. The quantitative estimate of drug-likeness (QED) is 0.229. The highest BCUT2D eigenvalue weighted by Gasteiger charge is 2.10. The second kappa shape index (κ2) is 11.7. The molecule has 26 heavy (non-hydrogen) atoms. The number of rotatable bonds is 12.